The third-order valence-electron chi connectivity index (χ3n) is 5.85. The molecule has 1 fully saturated rings. The van der Waals surface area contributed by atoms with Crippen LogP contribution in [0.4, 0.5) is 0 Å². The number of alkyl halides is 1. The Morgan fingerprint density at radius 2 is 1.32 bits per heavy atom. The van der Waals surface area contributed by atoms with Crippen molar-refractivity contribution in [3.8, 4) is 5.75 Å². The summed E-state index contributed by atoms with van der Waals surface area (Å²) in [4.78, 5) is 2.48. The number of allylic oxidation sites excluding steroid dienone is 1. The van der Waals surface area contributed by atoms with E-state index >= 15 is 0 Å². The van der Waals surface area contributed by atoms with Crippen LogP contribution in [0.5, 0.6) is 5.75 Å². The fourth-order valence-electron chi connectivity index (χ4n) is 4.28. The molecule has 0 aliphatic carbocycles. The minimum atomic E-state index is 0.750. The van der Waals surface area contributed by atoms with Gasteiger partial charge in [0, 0.05) is 11.9 Å². The van der Waals surface area contributed by atoms with Crippen molar-refractivity contribution in [2.45, 2.75) is 19.3 Å². The predicted molar refractivity (Wildman–Crippen MR) is 135 cm³/mol. The van der Waals surface area contributed by atoms with Gasteiger partial charge in [0.25, 0.3) is 0 Å². The number of ether oxygens (including phenoxy) is 1. The molecule has 0 unspecified atom stereocenters. The molecule has 0 aromatic heterocycles. The molecule has 0 bridgehead atoms. The summed E-state index contributed by atoms with van der Waals surface area (Å²) in [5.41, 5.74) is 6.37. The van der Waals surface area contributed by atoms with E-state index in [-0.39, 0.29) is 0 Å². The summed E-state index contributed by atoms with van der Waals surface area (Å²) in [6.45, 7) is 4.19. The van der Waals surface area contributed by atoms with Gasteiger partial charge in [-0.3, -0.25) is 4.90 Å². The fraction of sp³-hybridized carbons (Fsp3) is 0.286. The Hall–Kier alpha value is -2.36. The van der Waals surface area contributed by atoms with E-state index in [4.69, 9.17) is 4.74 Å². The number of likely N-dealkylation sites (tertiary alicyclic amines) is 1. The second-order valence-corrected chi connectivity index (χ2v) is 8.74. The normalized spacial score (nSPS) is 15.0. The van der Waals surface area contributed by atoms with Gasteiger partial charge in [-0.1, -0.05) is 88.7 Å². The molecule has 1 heterocycles. The quantitative estimate of drug-likeness (QED) is 0.246. The molecule has 0 amide bonds. The predicted octanol–water partition coefficient (Wildman–Crippen LogP) is 6.91. The molecule has 0 radical (unpaired) electrons. The molecule has 0 saturated carbocycles. The molecule has 3 aromatic rings. The van der Waals surface area contributed by atoms with Crippen LogP contribution in [0.15, 0.2) is 84.9 Å². The highest BCUT2D eigenvalue weighted by Crippen LogP contribution is 2.35. The topological polar surface area (TPSA) is 12.5 Å². The lowest BCUT2D eigenvalue weighted by atomic mass is 9.88. The lowest BCUT2D eigenvalue weighted by Crippen LogP contribution is -2.25. The first-order chi connectivity index (χ1) is 15.3. The molecule has 0 N–H and O–H groups in total. The summed E-state index contributed by atoms with van der Waals surface area (Å²) >= 11 is 3.67. The molecule has 4 rings (SSSR count). The van der Waals surface area contributed by atoms with Gasteiger partial charge in [0.1, 0.15) is 12.4 Å². The maximum absolute atomic E-state index is 6.04. The van der Waals surface area contributed by atoms with Gasteiger partial charge in [0.15, 0.2) is 0 Å². The molecule has 3 aromatic carbocycles. The minimum absolute atomic E-state index is 0.750. The summed E-state index contributed by atoms with van der Waals surface area (Å²) in [7, 11) is 0. The van der Waals surface area contributed by atoms with Crippen LogP contribution in [-0.2, 0) is 0 Å². The Bertz CT molecular complexity index is 961. The summed E-state index contributed by atoms with van der Waals surface area (Å²) < 4.78 is 6.04. The van der Waals surface area contributed by atoms with Crippen LogP contribution in [0.25, 0.3) is 11.1 Å². The highest BCUT2D eigenvalue weighted by atomic mass is 79.9. The zero-order valence-electron chi connectivity index (χ0n) is 18.0. The maximum atomic E-state index is 6.04. The Morgan fingerprint density at radius 3 is 1.94 bits per heavy atom. The molecule has 0 atom stereocenters. The summed E-state index contributed by atoms with van der Waals surface area (Å²) in [6.07, 6.45) is 3.60. The number of hydrogen-bond acceptors (Lipinski definition) is 2. The van der Waals surface area contributed by atoms with Crippen molar-refractivity contribution in [2.24, 2.45) is 0 Å². The third kappa shape index (κ3) is 5.87. The van der Waals surface area contributed by atoms with Gasteiger partial charge >= 0.3 is 0 Å². The van der Waals surface area contributed by atoms with E-state index < -0.39 is 0 Å². The Balaban J connectivity index is 1.62. The van der Waals surface area contributed by atoms with Crippen LogP contribution in [0.2, 0.25) is 0 Å². The van der Waals surface area contributed by atoms with E-state index in [0.29, 0.717) is 0 Å². The summed E-state index contributed by atoms with van der Waals surface area (Å²) in [6, 6.07) is 30.0. The summed E-state index contributed by atoms with van der Waals surface area (Å²) in [5.74, 6) is 0.942. The maximum Gasteiger partial charge on any atom is 0.119 e. The molecule has 1 aliphatic heterocycles. The van der Waals surface area contributed by atoms with Crippen LogP contribution < -0.4 is 4.74 Å². The molecule has 1 aliphatic rings. The van der Waals surface area contributed by atoms with Crippen molar-refractivity contribution in [3.05, 3.63) is 102 Å². The monoisotopic (exact) mass is 475 g/mol. The van der Waals surface area contributed by atoms with Crippen molar-refractivity contribution < 1.29 is 4.74 Å². The molecule has 31 heavy (non-hydrogen) atoms. The van der Waals surface area contributed by atoms with Crippen LogP contribution in [0.3, 0.4) is 0 Å². The number of rotatable bonds is 9. The first-order valence-electron chi connectivity index (χ1n) is 11.2. The number of benzene rings is 3. The first kappa shape index (κ1) is 21.9. The van der Waals surface area contributed by atoms with Crippen LogP contribution in [-0.4, -0.2) is 36.5 Å². The molecular weight excluding hydrogens is 446 g/mol. The lowest BCUT2D eigenvalue weighted by molar-refractivity contribution is 0.238. The van der Waals surface area contributed by atoms with Crippen molar-refractivity contribution in [1.29, 1.82) is 0 Å². The van der Waals surface area contributed by atoms with Gasteiger partial charge in [-0.05, 0) is 72.3 Å². The molecule has 2 nitrogen and oxygen atoms in total. The lowest BCUT2D eigenvalue weighted by Gasteiger charge is -2.18. The van der Waals surface area contributed by atoms with Crippen molar-refractivity contribution in [3.63, 3.8) is 0 Å². The van der Waals surface area contributed by atoms with E-state index in [1.54, 1.807) is 0 Å². The van der Waals surface area contributed by atoms with E-state index in [9.17, 15) is 0 Å². The van der Waals surface area contributed by atoms with E-state index in [0.717, 1.165) is 30.7 Å². The highest BCUT2D eigenvalue weighted by Gasteiger charge is 2.14. The van der Waals surface area contributed by atoms with Crippen LogP contribution >= 0.6 is 15.9 Å². The molecule has 0 spiro atoms. The highest BCUT2D eigenvalue weighted by molar-refractivity contribution is 9.09. The minimum Gasteiger partial charge on any atom is -0.492 e. The van der Waals surface area contributed by atoms with Crippen LogP contribution in [0.1, 0.15) is 36.0 Å². The first-order valence-corrected chi connectivity index (χ1v) is 12.3. The molecular formula is C28H30BrNO. The standard InChI is InChI=1S/C28H30BrNO/c29-18-17-27(23-9-3-1-4-10-23)28(24-11-5-2-6-12-24)25-13-15-26(16-14-25)31-22-21-30-19-7-8-20-30/h1-6,9-16H,7-8,17-22H2/b28-27+. The number of halogens is 1. The van der Waals surface area contributed by atoms with Gasteiger partial charge in [0.05, 0.1) is 0 Å². The largest absolute Gasteiger partial charge is 0.492 e. The average Bonchev–Trinajstić information content (AvgIpc) is 3.35. The third-order valence-corrected chi connectivity index (χ3v) is 6.25. The van der Waals surface area contributed by atoms with Gasteiger partial charge < -0.3 is 4.74 Å². The van der Waals surface area contributed by atoms with Gasteiger partial charge in [-0.2, -0.15) is 0 Å². The van der Waals surface area contributed by atoms with Gasteiger partial charge in [-0.25, -0.2) is 0 Å². The average molecular weight is 476 g/mol. The van der Waals surface area contributed by atoms with E-state index in [2.05, 4.69) is 106 Å². The Labute approximate surface area is 194 Å². The van der Waals surface area contributed by atoms with E-state index in [1.807, 2.05) is 0 Å². The van der Waals surface area contributed by atoms with Crippen molar-refractivity contribution in [2.75, 3.05) is 31.6 Å². The van der Waals surface area contributed by atoms with E-state index in [1.165, 1.54) is 53.8 Å². The zero-order valence-corrected chi connectivity index (χ0v) is 19.6. The van der Waals surface area contributed by atoms with Crippen LogP contribution in [0, 0.1) is 0 Å². The number of hydrogen-bond donors (Lipinski definition) is 0. The molecule has 1 saturated heterocycles. The second-order valence-electron chi connectivity index (χ2n) is 7.95. The smallest absolute Gasteiger partial charge is 0.119 e. The fourth-order valence-corrected chi connectivity index (χ4v) is 4.68. The van der Waals surface area contributed by atoms with Crippen molar-refractivity contribution >= 4 is 27.1 Å². The molecule has 160 valence electrons. The van der Waals surface area contributed by atoms with Crippen molar-refractivity contribution in [1.82, 2.24) is 4.90 Å². The number of nitrogens with zero attached hydrogens (tertiary/aromatic N) is 1. The summed E-state index contributed by atoms with van der Waals surface area (Å²) in [5, 5.41) is 0.922. The van der Waals surface area contributed by atoms with Gasteiger partial charge in [-0.15, -0.1) is 0 Å². The second kappa shape index (κ2) is 11.3. The Kier molecular flexibility index (Phi) is 7.98. The Morgan fingerprint density at radius 1 is 0.742 bits per heavy atom. The van der Waals surface area contributed by atoms with Gasteiger partial charge in [0.2, 0.25) is 0 Å². The SMILES string of the molecule is BrCC/C(=C(/c1ccccc1)c1ccc(OCCN2CCCC2)cc1)c1ccccc1. The molecule has 3 heteroatoms. The zero-order chi connectivity index (χ0) is 21.3.